The van der Waals surface area contributed by atoms with Crippen molar-refractivity contribution in [3.8, 4) is 33.3 Å². The minimum absolute atomic E-state index is 0.122. The van der Waals surface area contributed by atoms with E-state index in [2.05, 4.69) is 5.32 Å². The Morgan fingerprint density at radius 2 is 1.89 bits per heavy atom. The Kier molecular flexibility index (Phi) is 9.50. The maximum atomic E-state index is 14.6. The van der Waals surface area contributed by atoms with Gasteiger partial charge in [0.15, 0.2) is 0 Å². The van der Waals surface area contributed by atoms with Crippen LogP contribution in [0.4, 0.5) is 13.2 Å². The number of ether oxygens (including phenoxy) is 1. The van der Waals surface area contributed by atoms with E-state index in [4.69, 9.17) is 9.72 Å². The first-order valence-corrected chi connectivity index (χ1v) is 15.9. The van der Waals surface area contributed by atoms with Gasteiger partial charge in [-0.3, -0.25) is 14.2 Å². The van der Waals surface area contributed by atoms with Gasteiger partial charge in [-0.15, -0.1) is 11.3 Å². The molecule has 238 valence electrons. The number of methoxy groups -OCH3 is 1. The normalized spacial score (nSPS) is 15.5. The highest BCUT2D eigenvalue weighted by molar-refractivity contribution is 7.13. The van der Waals surface area contributed by atoms with Crippen LogP contribution in [0.5, 0.6) is 5.75 Å². The number of carbonyl (C=O) groups excluding carboxylic acids is 1. The van der Waals surface area contributed by atoms with Crippen LogP contribution in [0.15, 0.2) is 58.7 Å². The lowest BCUT2D eigenvalue weighted by Crippen LogP contribution is -2.51. The molecule has 3 heterocycles. The fourth-order valence-electron chi connectivity index (χ4n) is 5.66. The highest BCUT2D eigenvalue weighted by Crippen LogP contribution is 2.34. The van der Waals surface area contributed by atoms with E-state index in [0.717, 1.165) is 17.7 Å². The Labute approximate surface area is 264 Å². The number of hydrogen-bond donors (Lipinski definition) is 1. The zero-order chi connectivity index (χ0) is 32.5. The van der Waals surface area contributed by atoms with Crippen LogP contribution < -0.4 is 15.6 Å². The number of piperazine rings is 1. The van der Waals surface area contributed by atoms with Crippen molar-refractivity contribution in [2.45, 2.75) is 52.8 Å². The number of amides is 1. The number of aromatic nitrogens is 2. The minimum Gasteiger partial charge on any atom is -0.497 e. The molecule has 1 amide bonds. The number of aryl methyl sites for hydroxylation is 1. The van der Waals surface area contributed by atoms with E-state index in [0.29, 0.717) is 71.4 Å². The molecular weight excluding hydrogens is 601 g/mol. The number of thiazole rings is 1. The summed E-state index contributed by atoms with van der Waals surface area (Å²) in [6.07, 6.45) is -3.32. The molecule has 2 aromatic heterocycles. The second-order valence-electron chi connectivity index (χ2n) is 11.7. The van der Waals surface area contributed by atoms with Crippen molar-refractivity contribution in [3.63, 3.8) is 0 Å². The van der Waals surface area contributed by atoms with E-state index in [9.17, 15) is 22.8 Å². The van der Waals surface area contributed by atoms with E-state index in [1.54, 1.807) is 23.1 Å². The van der Waals surface area contributed by atoms with Gasteiger partial charge in [-0.2, -0.15) is 13.2 Å². The van der Waals surface area contributed by atoms with Crippen LogP contribution in [-0.4, -0.2) is 53.1 Å². The average molecular weight is 639 g/mol. The Hall–Kier alpha value is -3.96. The van der Waals surface area contributed by atoms with Crippen LogP contribution in [0, 0.1) is 5.92 Å². The zero-order valence-electron chi connectivity index (χ0n) is 26.0. The summed E-state index contributed by atoms with van der Waals surface area (Å²) in [6.45, 7) is 9.87. The van der Waals surface area contributed by atoms with Gasteiger partial charge in [-0.1, -0.05) is 39.0 Å². The summed E-state index contributed by atoms with van der Waals surface area (Å²) >= 11 is 1.21. The Bertz CT molecular complexity index is 1750. The summed E-state index contributed by atoms with van der Waals surface area (Å²) < 4.78 is 46.6. The molecule has 0 aliphatic carbocycles. The van der Waals surface area contributed by atoms with Crippen molar-refractivity contribution in [2.75, 3.05) is 26.7 Å². The maximum absolute atomic E-state index is 14.6. The molecule has 1 saturated heterocycles. The highest BCUT2D eigenvalue weighted by Gasteiger charge is 2.31. The molecule has 1 aliphatic heterocycles. The standard InChI is InChI=1S/C34H37F3N4O3S/c1-6-22-9-12-25(44-5)16-29(22)41-30(15-20(2)3)26(32(42)40-14-13-38-21(4)18-40)17-27(33(41)43)31-39-28(19-45-31)23-7-10-24(11-8-23)34(35,36)37/h7-12,16-17,19-21,38H,6,13-15,18H2,1-5H3/t21-/m0/s1. The SMILES string of the molecule is CCc1ccc(OC)cc1-n1c(CC(C)C)c(C(=O)N2CCN[C@@H](C)C2)cc(-c2nc(-c3ccc(C(F)(F)F)cc3)cs2)c1=O. The van der Waals surface area contributed by atoms with E-state index in [1.165, 1.54) is 23.5 Å². The molecular formula is C34H37F3N4O3S. The minimum atomic E-state index is -4.45. The molecule has 0 radical (unpaired) electrons. The van der Waals surface area contributed by atoms with Gasteiger partial charge in [0.25, 0.3) is 11.5 Å². The molecule has 0 spiro atoms. The quantitative estimate of drug-likeness (QED) is 0.229. The molecule has 5 rings (SSSR count). The molecule has 0 saturated carbocycles. The molecule has 1 fully saturated rings. The number of benzene rings is 2. The Morgan fingerprint density at radius 1 is 1.16 bits per heavy atom. The lowest BCUT2D eigenvalue weighted by Gasteiger charge is -2.33. The van der Waals surface area contributed by atoms with Crippen LogP contribution >= 0.6 is 11.3 Å². The van der Waals surface area contributed by atoms with Gasteiger partial charge < -0.3 is 15.0 Å². The molecule has 1 N–H and O–H groups in total. The predicted octanol–water partition coefficient (Wildman–Crippen LogP) is 6.85. The number of rotatable bonds is 8. The molecule has 0 unspecified atom stereocenters. The van der Waals surface area contributed by atoms with E-state index in [-0.39, 0.29) is 29.0 Å². The van der Waals surface area contributed by atoms with E-state index in [1.807, 2.05) is 50.8 Å². The second-order valence-corrected chi connectivity index (χ2v) is 12.6. The van der Waals surface area contributed by atoms with Gasteiger partial charge in [-0.25, -0.2) is 4.98 Å². The molecule has 1 aliphatic rings. The monoisotopic (exact) mass is 638 g/mol. The smallest absolute Gasteiger partial charge is 0.416 e. The third-order valence-electron chi connectivity index (χ3n) is 7.95. The van der Waals surface area contributed by atoms with Gasteiger partial charge >= 0.3 is 6.18 Å². The first-order chi connectivity index (χ1) is 21.4. The lowest BCUT2D eigenvalue weighted by atomic mass is 9.98. The molecule has 1 atom stereocenters. The summed E-state index contributed by atoms with van der Waals surface area (Å²) in [6, 6.07) is 12.2. The number of alkyl halides is 3. The van der Waals surface area contributed by atoms with Crippen LogP contribution in [0.25, 0.3) is 27.5 Å². The lowest BCUT2D eigenvalue weighted by molar-refractivity contribution is -0.137. The Balaban J connectivity index is 1.74. The van der Waals surface area contributed by atoms with Crippen LogP contribution in [-0.2, 0) is 19.0 Å². The summed E-state index contributed by atoms with van der Waals surface area (Å²) in [5, 5.41) is 5.47. The van der Waals surface area contributed by atoms with Crippen LogP contribution in [0.2, 0.25) is 0 Å². The van der Waals surface area contributed by atoms with Crippen molar-refractivity contribution in [1.29, 1.82) is 0 Å². The summed E-state index contributed by atoms with van der Waals surface area (Å²) in [5.74, 6) is 0.559. The number of pyridine rings is 1. The molecule has 7 nitrogen and oxygen atoms in total. The molecule has 2 aromatic carbocycles. The highest BCUT2D eigenvalue weighted by atomic mass is 32.1. The maximum Gasteiger partial charge on any atom is 0.416 e. The van der Waals surface area contributed by atoms with Gasteiger partial charge in [0.1, 0.15) is 10.8 Å². The summed E-state index contributed by atoms with van der Waals surface area (Å²) in [4.78, 5) is 35.4. The van der Waals surface area contributed by atoms with Gasteiger partial charge in [0.2, 0.25) is 0 Å². The van der Waals surface area contributed by atoms with Gasteiger partial charge in [0.05, 0.1) is 35.2 Å². The number of halogens is 3. The first-order valence-electron chi connectivity index (χ1n) is 15.0. The van der Waals surface area contributed by atoms with Crippen molar-refractivity contribution in [2.24, 2.45) is 5.92 Å². The van der Waals surface area contributed by atoms with Gasteiger partial charge in [0, 0.05) is 48.4 Å². The average Bonchev–Trinajstić information content (AvgIpc) is 3.50. The summed E-state index contributed by atoms with van der Waals surface area (Å²) in [7, 11) is 1.57. The van der Waals surface area contributed by atoms with Crippen LogP contribution in [0.3, 0.4) is 0 Å². The molecule has 45 heavy (non-hydrogen) atoms. The Morgan fingerprint density at radius 3 is 2.51 bits per heavy atom. The third-order valence-corrected chi connectivity index (χ3v) is 8.82. The summed E-state index contributed by atoms with van der Waals surface area (Å²) in [5.41, 5.74) is 2.73. The number of nitrogens with one attached hydrogen (secondary N) is 1. The van der Waals surface area contributed by atoms with Crippen molar-refractivity contribution >= 4 is 17.2 Å². The predicted molar refractivity (Wildman–Crippen MR) is 171 cm³/mol. The number of nitrogens with zero attached hydrogens (tertiary/aromatic N) is 3. The van der Waals surface area contributed by atoms with Crippen molar-refractivity contribution in [1.82, 2.24) is 19.8 Å². The van der Waals surface area contributed by atoms with Crippen LogP contribution in [0.1, 0.15) is 54.9 Å². The topological polar surface area (TPSA) is 76.5 Å². The van der Waals surface area contributed by atoms with Crippen molar-refractivity contribution < 1.29 is 22.7 Å². The number of carbonyl (C=O) groups is 1. The van der Waals surface area contributed by atoms with Gasteiger partial charge in [-0.05, 0) is 55.5 Å². The first kappa shape index (κ1) is 32.4. The van der Waals surface area contributed by atoms with E-state index >= 15 is 0 Å². The fraction of sp³-hybridized carbons (Fsp3) is 0.382. The fourth-order valence-corrected chi connectivity index (χ4v) is 6.50. The molecule has 11 heteroatoms. The molecule has 4 aromatic rings. The molecule has 0 bridgehead atoms. The third kappa shape index (κ3) is 6.84. The van der Waals surface area contributed by atoms with Crippen molar-refractivity contribution in [3.05, 3.63) is 86.6 Å². The second kappa shape index (κ2) is 13.2. The number of hydrogen-bond acceptors (Lipinski definition) is 6. The van der Waals surface area contributed by atoms with E-state index < -0.39 is 11.7 Å². The zero-order valence-corrected chi connectivity index (χ0v) is 26.8. The largest absolute Gasteiger partial charge is 0.497 e.